The molecule has 2 aromatic carbocycles. The fourth-order valence-electron chi connectivity index (χ4n) is 2.63. The van der Waals surface area contributed by atoms with E-state index in [2.05, 4.69) is 15.3 Å². The lowest BCUT2D eigenvalue weighted by atomic mass is 10.3. The minimum atomic E-state index is -0.364. The van der Waals surface area contributed by atoms with E-state index >= 15 is 0 Å². The molecule has 30 heavy (non-hydrogen) atoms. The number of ether oxygens (including phenoxy) is 3. The summed E-state index contributed by atoms with van der Waals surface area (Å²) in [7, 11) is 3.12. The molecule has 0 unspecified atom stereocenters. The molecule has 0 saturated heterocycles. The van der Waals surface area contributed by atoms with Crippen LogP contribution in [0.15, 0.2) is 41.8 Å². The number of thiazole rings is 2. The van der Waals surface area contributed by atoms with E-state index in [0.717, 1.165) is 4.70 Å². The summed E-state index contributed by atoms with van der Waals surface area (Å²) in [6.07, 6.45) is 0. The van der Waals surface area contributed by atoms with Crippen LogP contribution < -0.4 is 19.5 Å². The first-order valence-electron chi connectivity index (χ1n) is 8.72. The predicted molar refractivity (Wildman–Crippen MR) is 114 cm³/mol. The first-order valence-corrected chi connectivity index (χ1v) is 10.4. The Balaban J connectivity index is 1.43. The Kier molecular flexibility index (Phi) is 5.77. The van der Waals surface area contributed by atoms with E-state index in [4.69, 9.17) is 14.2 Å². The molecule has 154 valence electrons. The lowest BCUT2D eigenvalue weighted by Gasteiger charge is -2.05. The molecule has 7 nitrogen and oxygen atoms in total. The fraction of sp³-hybridized carbons (Fsp3) is 0.150. The van der Waals surface area contributed by atoms with Crippen LogP contribution in [-0.4, -0.2) is 30.1 Å². The van der Waals surface area contributed by atoms with Gasteiger partial charge in [0, 0.05) is 17.5 Å². The Labute approximate surface area is 179 Å². The number of amides is 1. The minimum absolute atomic E-state index is 0.185. The second kappa shape index (κ2) is 8.64. The zero-order chi connectivity index (χ0) is 21.1. The van der Waals surface area contributed by atoms with Gasteiger partial charge < -0.3 is 14.2 Å². The van der Waals surface area contributed by atoms with Crippen LogP contribution in [0.4, 0.5) is 9.52 Å². The van der Waals surface area contributed by atoms with E-state index < -0.39 is 0 Å². The molecule has 0 aliphatic heterocycles. The van der Waals surface area contributed by atoms with Crippen molar-refractivity contribution in [3.05, 3.63) is 58.3 Å². The van der Waals surface area contributed by atoms with Crippen LogP contribution in [0.1, 0.15) is 15.5 Å². The molecule has 0 saturated carbocycles. The van der Waals surface area contributed by atoms with Crippen molar-refractivity contribution in [2.75, 3.05) is 19.5 Å². The summed E-state index contributed by atoms with van der Waals surface area (Å²) in [6, 6.07) is 9.28. The Hall–Kier alpha value is -3.24. The van der Waals surface area contributed by atoms with Gasteiger partial charge in [-0.1, -0.05) is 11.3 Å². The van der Waals surface area contributed by atoms with Crippen LogP contribution in [0, 0.1) is 5.82 Å². The molecule has 0 spiro atoms. The van der Waals surface area contributed by atoms with Crippen molar-refractivity contribution >= 4 is 43.9 Å². The summed E-state index contributed by atoms with van der Waals surface area (Å²) in [5.74, 6) is 0.993. The van der Waals surface area contributed by atoms with Gasteiger partial charge in [0.05, 0.1) is 24.4 Å². The molecule has 1 amide bonds. The summed E-state index contributed by atoms with van der Waals surface area (Å²) in [5, 5.41) is 5.49. The largest absolute Gasteiger partial charge is 0.493 e. The first kappa shape index (κ1) is 20.0. The first-order chi connectivity index (χ1) is 14.6. The molecular formula is C20H16FN3O4S2. The third kappa shape index (κ3) is 4.34. The van der Waals surface area contributed by atoms with Crippen molar-refractivity contribution in [3.8, 4) is 17.2 Å². The monoisotopic (exact) mass is 445 g/mol. The number of hydrogen-bond acceptors (Lipinski definition) is 8. The molecule has 0 bridgehead atoms. The Morgan fingerprint density at radius 1 is 1.10 bits per heavy atom. The highest BCUT2D eigenvalue weighted by molar-refractivity contribution is 7.22. The van der Waals surface area contributed by atoms with E-state index in [1.807, 2.05) is 6.07 Å². The van der Waals surface area contributed by atoms with Gasteiger partial charge in [0.25, 0.3) is 5.91 Å². The van der Waals surface area contributed by atoms with E-state index in [1.54, 1.807) is 25.7 Å². The highest BCUT2D eigenvalue weighted by Gasteiger charge is 2.15. The zero-order valence-corrected chi connectivity index (χ0v) is 17.6. The summed E-state index contributed by atoms with van der Waals surface area (Å²) >= 11 is 2.63. The summed E-state index contributed by atoms with van der Waals surface area (Å²) < 4.78 is 29.9. The third-order valence-electron chi connectivity index (χ3n) is 4.07. The second-order valence-corrected chi connectivity index (χ2v) is 7.99. The molecule has 4 aromatic rings. The van der Waals surface area contributed by atoms with Crippen molar-refractivity contribution in [3.63, 3.8) is 0 Å². The summed E-state index contributed by atoms with van der Waals surface area (Å²) in [6.45, 7) is 0.185. The second-order valence-electron chi connectivity index (χ2n) is 6.02. The van der Waals surface area contributed by atoms with Gasteiger partial charge in [0.2, 0.25) is 0 Å². The maximum Gasteiger partial charge on any atom is 0.276 e. The number of nitrogens with zero attached hydrogens (tertiary/aromatic N) is 2. The Bertz CT molecular complexity index is 1150. The number of anilines is 1. The van der Waals surface area contributed by atoms with Gasteiger partial charge in [-0.25, -0.2) is 14.4 Å². The molecule has 0 radical (unpaired) electrons. The number of methoxy groups -OCH3 is 2. The topological polar surface area (TPSA) is 82.6 Å². The van der Waals surface area contributed by atoms with Crippen molar-refractivity contribution in [1.29, 1.82) is 0 Å². The molecule has 1 N–H and O–H groups in total. The SMILES string of the molecule is COc1cc2nc(NC(=O)c3csc(COc4ccc(F)cc4)n3)sc2cc1OC. The van der Waals surface area contributed by atoms with Gasteiger partial charge in [-0.05, 0) is 24.3 Å². The molecule has 2 heterocycles. The lowest BCUT2D eigenvalue weighted by Crippen LogP contribution is -2.12. The number of aromatic nitrogens is 2. The zero-order valence-electron chi connectivity index (χ0n) is 16.0. The number of halogens is 1. The average molecular weight is 445 g/mol. The average Bonchev–Trinajstić information content (AvgIpc) is 3.38. The van der Waals surface area contributed by atoms with Crippen molar-refractivity contribution in [2.24, 2.45) is 0 Å². The van der Waals surface area contributed by atoms with Crippen LogP contribution in [0.3, 0.4) is 0 Å². The fourth-order valence-corrected chi connectivity index (χ4v) is 4.18. The number of carbonyl (C=O) groups excluding carboxylic acids is 1. The molecule has 4 rings (SSSR count). The smallest absolute Gasteiger partial charge is 0.276 e. The number of nitrogens with one attached hydrogen (secondary N) is 1. The minimum Gasteiger partial charge on any atom is -0.493 e. The molecular weight excluding hydrogens is 429 g/mol. The van der Waals surface area contributed by atoms with Gasteiger partial charge in [0.1, 0.15) is 28.9 Å². The molecule has 0 atom stereocenters. The molecule has 2 aromatic heterocycles. The van der Waals surface area contributed by atoms with Crippen molar-refractivity contribution in [1.82, 2.24) is 9.97 Å². The standard InChI is InChI=1S/C20H16FN3O4S2/c1-26-15-7-13-17(8-16(15)27-2)30-20(23-13)24-19(25)14-10-29-18(22-14)9-28-12-5-3-11(21)4-6-12/h3-8,10H,9H2,1-2H3,(H,23,24,25). The molecule has 0 aliphatic rings. The number of fused-ring (bicyclic) bond motifs is 1. The van der Waals surface area contributed by atoms with E-state index in [1.165, 1.54) is 46.9 Å². The third-order valence-corrected chi connectivity index (χ3v) is 5.83. The van der Waals surface area contributed by atoms with Crippen molar-refractivity contribution < 1.29 is 23.4 Å². The van der Waals surface area contributed by atoms with E-state index in [9.17, 15) is 9.18 Å². The van der Waals surface area contributed by atoms with Gasteiger partial charge in [-0.15, -0.1) is 11.3 Å². The highest BCUT2D eigenvalue weighted by Crippen LogP contribution is 2.36. The van der Waals surface area contributed by atoms with Crippen LogP contribution in [0.5, 0.6) is 17.2 Å². The Morgan fingerprint density at radius 2 is 1.83 bits per heavy atom. The maximum atomic E-state index is 12.9. The normalized spacial score (nSPS) is 10.8. The van der Waals surface area contributed by atoms with Crippen LogP contribution in [0.25, 0.3) is 10.2 Å². The summed E-state index contributed by atoms with van der Waals surface area (Å²) in [5.41, 5.74) is 0.965. The van der Waals surface area contributed by atoms with Gasteiger partial charge in [-0.2, -0.15) is 0 Å². The highest BCUT2D eigenvalue weighted by atomic mass is 32.1. The van der Waals surface area contributed by atoms with E-state index in [0.29, 0.717) is 32.9 Å². The summed E-state index contributed by atoms with van der Waals surface area (Å²) in [4.78, 5) is 21.2. The van der Waals surface area contributed by atoms with Crippen LogP contribution >= 0.6 is 22.7 Å². The molecule has 0 aliphatic carbocycles. The number of carbonyl (C=O) groups is 1. The van der Waals surface area contributed by atoms with Gasteiger partial charge in [0.15, 0.2) is 16.6 Å². The number of benzene rings is 2. The number of hydrogen-bond donors (Lipinski definition) is 1. The molecule has 0 fully saturated rings. The predicted octanol–water partition coefficient (Wildman–Crippen LogP) is 4.74. The van der Waals surface area contributed by atoms with Gasteiger partial charge >= 0.3 is 0 Å². The van der Waals surface area contributed by atoms with Crippen molar-refractivity contribution in [2.45, 2.75) is 6.61 Å². The lowest BCUT2D eigenvalue weighted by molar-refractivity contribution is 0.102. The maximum absolute atomic E-state index is 12.9. The Morgan fingerprint density at radius 3 is 2.57 bits per heavy atom. The molecule has 10 heteroatoms. The number of rotatable bonds is 7. The van der Waals surface area contributed by atoms with Crippen LogP contribution in [-0.2, 0) is 6.61 Å². The van der Waals surface area contributed by atoms with E-state index in [-0.39, 0.29) is 24.0 Å². The van der Waals surface area contributed by atoms with Crippen LogP contribution in [0.2, 0.25) is 0 Å². The van der Waals surface area contributed by atoms with Gasteiger partial charge in [-0.3, -0.25) is 10.1 Å². The quantitative estimate of drug-likeness (QED) is 0.442.